The molecule has 0 aliphatic carbocycles. The van der Waals surface area contributed by atoms with Crippen LogP contribution < -0.4 is 4.57 Å². The normalized spacial score (nSPS) is 10.6. The van der Waals surface area contributed by atoms with Gasteiger partial charge in [-0.2, -0.15) is 0 Å². The monoisotopic (exact) mass is 217 g/mol. The molecule has 0 N–H and O–H groups in total. The van der Waals surface area contributed by atoms with Crippen molar-refractivity contribution in [3.63, 3.8) is 0 Å². The Kier molecular flexibility index (Phi) is 2.81. The fourth-order valence-corrected chi connectivity index (χ4v) is 1.81. The van der Waals surface area contributed by atoms with E-state index in [0.29, 0.717) is 5.39 Å². The minimum Gasteiger partial charge on any atom is -0.258 e. The molecule has 0 aliphatic rings. The molecule has 4 nitrogen and oxygen atoms in total. The predicted molar refractivity (Wildman–Crippen MR) is 61.1 cm³/mol. The van der Waals surface area contributed by atoms with E-state index < -0.39 is 0 Å². The van der Waals surface area contributed by atoms with Crippen molar-refractivity contribution in [1.29, 1.82) is 0 Å². The van der Waals surface area contributed by atoms with E-state index in [9.17, 15) is 10.1 Å². The van der Waals surface area contributed by atoms with Gasteiger partial charge < -0.3 is 0 Å². The molecule has 0 radical (unpaired) electrons. The SMILES string of the molecule is CCC[n+]1ccc2c([N+](=O)[O-])cccc2c1. The summed E-state index contributed by atoms with van der Waals surface area (Å²) in [6, 6.07) is 6.96. The van der Waals surface area contributed by atoms with Gasteiger partial charge >= 0.3 is 0 Å². The molecular weight excluding hydrogens is 204 g/mol. The zero-order valence-electron chi connectivity index (χ0n) is 9.09. The molecule has 0 amide bonds. The van der Waals surface area contributed by atoms with Gasteiger partial charge in [0.2, 0.25) is 0 Å². The first-order chi connectivity index (χ1) is 7.72. The second-order valence-electron chi connectivity index (χ2n) is 3.72. The summed E-state index contributed by atoms with van der Waals surface area (Å²) < 4.78 is 2.05. The number of aryl methyl sites for hydroxylation is 1. The number of aromatic nitrogens is 1. The van der Waals surface area contributed by atoms with Crippen LogP contribution in [0.1, 0.15) is 13.3 Å². The first-order valence-corrected chi connectivity index (χ1v) is 5.28. The average molecular weight is 217 g/mol. The Bertz CT molecular complexity index is 538. The summed E-state index contributed by atoms with van der Waals surface area (Å²) in [5.41, 5.74) is 0.168. The van der Waals surface area contributed by atoms with Crippen LogP contribution in [0.4, 0.5) is 5.69 Å². The van der Waals surface area contributed by atoms with E-state index >= 15 is 0 Å². The Morgan fingerprint density at radius 3 is 2.88 bits per heavy atom. The number of hydrogen-bond acceptors (Lipinski definition) is 2. The maximum absolute atomic E-state index is 10.8. The fourth-order valence-electron chi connectivity index (χ4n) is 1.81. The summed E-state index contributed by atoms with van der Waals surface area (Å²) in [5, 5.41) is 12.4. The molecule has 82 valence electrons. The van der Waals surface area contributed by atoms with Crippen LogP contribution >= 0.6 is 0 Å². The Balaban J connectivity index is 2.59. The van der Waals surface area contributed by atoms with Crippen molar-refractivity contribution in [3.05, 3.63) is 46.8 Å². The highest BCUT2D eigenvalue weighted by molar-refractivity contribution is 5.89. The molecule has 2 rings (SSSR count). The van der Waals surface area contributed by atoms with Crippen molar-refractivity contribution < 1.29 is 9.49 Å². The molecule has 2 aromatic rings. The second kappa shape index (κ2) is 4.26. The van der Waals surface area contributed by atoms with Gasteiger partial charge in [0.15, 0.2) is 12.4 Å². The molecule has 0 atom stereocenters. The van der Waals surface area contributed by atoms with Crippen molar-refractivity contribution in [2.75, 3.05) is 0 Å². The molecule has 0 saturated heterocycles. The molecule has 0 saturated carbocycles. The first kappa shape index (κ1) is 10.5. The van der Waals surface area contributed by atoms with E-state index in [1.54, 1.807) is 6.07 Å². The molecule has 0 spiro atoms. The number of nitro benzene ring substituents is 1. The molecule has 0 unspecified atom stereocenters. The van der Waals surface area contributed by atoms with Gasteiger partial charge in [-0.15, -0.1) is 0 Å². The van der Waals surface area contributed by atoms with E-state index in [1.165, 1.54) is 6.07 Å². The maximum atomic E-state index is 10.8. The molecule has 0 bridgehead atoms. The number of nitro groups is 1. The van der Waals surface area contributed by atoms with Crippen molar-refractivity contribution in [1.82, 2.24) is 0 Å². The Morgan fingerprint density at radius 2 is 2.19 bits per heavy atom. The molecule has 1 aromatic carbocycles. The number of non-ortho nitro benzene ring substituents is 1. The summed E-state index contributed by atoms with van der Waals surface area (Å²) in [5.74, 6) is 0. The smallest absolute Gasteiger partial charge is 0.258 e. The standard InChI is InChI=1S/C12H13N2O2/c1-2-7-13-8-6-11-10(9-13)4-3-5-12(11)14(15)16/h3-6,8-9H,2,7H2,1H3/q+1. The third-order valence-electron chi connectivity index (χ3n) is 2.53. The Morgan fingerprint density at radius 1 is 1.38 bits per heavy atom. The van der Waals surface area contributed by atoms with E-state index in [2.05, 4.69) is 6.92 Å². The second-order valence-corrected chi connectivity index (χ2v) is 3.72. The zero-order valence-corrected chi connectivity index (χ0v) is 9.09. The van der Waals surface area contributed by atoms with Gasteiger partial charge in [0.25, 0.3) is 5.69 Å². The third kappa shape index (κ3) is 1.86. The van der Waals surface area contributed by atoms with E-state index in [4.69, 9.17) is 0 Å². The van der Waals surface area contributed by atoms with Crippen LogP contribution in [0.2, 0.25) is 0 Å². The fraction of sp³-hybridized carbons (Fsp3) is 0.250. The number of fused-ring (bicyclic) bond motifs is 1. The van der Waals surface area contributed by atoms with Crippen molar-refractivity contribution >= 4 is 16.5 Å². The van der Waals surface area contributed by atoms with Crippen LogP contribution in [-0.2, 0) is 6.54 Å². The van der Waals surface area contributed by atoms with Gasteiger partial charge in [0.1, 0.15) is 6.54 Å². The molecule has 4 heteroatoms. The highest BCUT2D eigenvalue weighted by atomic mass is 16.6. The minimum absolute atomic E-state index is 0.168. The predicted octanol–water partition coefficient (Wildman–Crippen LogP) is 2.45. The lowest BCUT2D eigenvalue weighted by Crippen LogP contribution is -2.32. The quantitative estimate of drug-likeness (QED) is 0.450. The van der Waals surface area contributed by atoms with Crippen LogP contribution in [0.5, 0.6) is 0 Å². The molecular formula is C12H13N2O2+. The zero-order chi connectivity index (χ0) is 11.5. The largest absolute Gasteiger partial charge is 0.277 e. The van der Waals surface area contributed by atoms with E-state index in [-0.39, 0.29) is 10.6 Å². The number of nitrogens with zero attached hydrogens (tertiary/aromatic N) is 2. The van der Waals surface area contributed by atoms with Gasteiger partial charge in [-0.1, -0.05) is 13.0 Å². The summed E-state index contributed by atoms with van der Waals surface area (Å²) in [4.78, 5) is 10.5. The number of pyridine rings is 1. The van der Waals surface area contributed by atoms with Gasteiger partial charge in [-0.3, -0.25) is 10.1 Å². The van der Waals surface area contributed by atoms with Crippen LogP contribution in [0, 0.1) is 10.1 Å². The highest BCUT2D eigenvalue weighted by Gasteiger charge is 2.13. The summed E-state index contributed by atoms with van der Waals surface area (Å²) in [6.07, 6.45) is 4.88. The summed E-state index contributed by atoms with van der Waals surface area (Å²) in [6.45, 7) is 3.03. The molecule has 1 aromatic heterocycles. The van der Waals surface area contributed by atoms with Crippen molar-refractivity contribution in [2.24, 2.45) is 0 Å². The van der Waals surface area contributed by atoms with Gasteiger partial charge in [-0.05, 0) is 6.07 Å². The van der Waals surface area contributed by atoms with Gasteiger partial charge in [0.05, 0.1) is 15.7 Å². The lowest BCUT2D eigenvalue weighted by atomic mass is 10.1. The first-order valence-electron chi connectivity index (χ1n) is 5.28. The van der Waals surface area contributed by atoms with Crippen molar-refractivity contribution in [2.45, 2.75) is 19.9 Å². The van der Waals surface area contributed by atoms with Crippen molar-refractivity contribution in [3.8, 4) is 0 Å². The van der Waals surface area contributed by atoms with Gasteiger partial charge in [-0.25, -0.2) is 4.57 Å². The van der Waals surface area contributed by atoms with Crippen LogP contribution in [0.25, 0.3) is 10.8 Å². The minimum atomic E-state index is -0.341. The maximum Gasteiger partial charge on any atom is 0.277 e. The van der Waals surface area contributed by atoms with Crippen LogP contribution in [0.3, 0.4) is 0 Å². The highest BCUT2D eigenvalue weighted by Crippen LogP contribution is 2.23. The van der Waals surface area contributed by atoms with E-state index in [1.807, 2.05) is 29.1 Å². The average Bonchev–Trinajstić information content (AvgIpc) is 2.28. The lowest BCUT2D eigenvalue weighted by molar-refractivity contribution is -0.695. The van der Waals surface area contributed by atoms with Crippen LogP contribution in [0.15, 0.2) is 36.7 Å². The van der Waals surface area contributed by atoms with Crippen LogP contribution in [-0.4, -0.2) is 4.92 Å². The Labute approximate surface area is 93.3 Å². The molecule has 0 aliphatic heterocycles. The number of hydrogen-bond donors (Lipinski definition) is 0. The van der Waals surface area contributed by atoms with Gasteiger partial charge in [0, 0.05) is 18.6 Å². The number of rotatable bonds is 3. The topological polar surface area (TPSA) is 47.0 Å². The van der Waals surface area contributed by atoms with E-state index in [0.717, 1.165) is 18.4 Å². The Hall–Kier alpha value is -1.97. The number of benzene rings is 1. The molecule has 16 heavy (non-hydrogen) atoms. The summed E-state index contributed by atoms with van der Waals surface area (Å²) in [7, 11) is 0. The molecule has 1 heterocycles. The lowest BCUT2D eigenvalue weighted by Gasteiger charge is -1.99. The summed E-state index contributed by atoms with van der Waals surface area (Å²) >= 11 is 0. The third-order valence-corrected chi connectivity index (χ3v) is 2.53. The molecule has 0 fully saturated rings.